The molecule has 104 valence electrons. The molecule has 1 aromatic carbocycles. The smallest absolute Gasteiger partial charge is 0.243 e. The lowest BCUT2D eigenvalue weighted by Crippen LogP contribution is -2.36. The quantitative estimate of drug-likeness (QED) is 0.844. The van der Waals surface area contributed by atoms with E-state index in [-0.39, 0.29) is 24.3 Å². The van der Waals surface area contributed by atoms with Crippen LogP contribution in [0.1, 0.15) is 26.7 Å². The Kier molecular flexibility index (Phi) is 6.56. The number of benzene rings is 1. The van der Waals surface area contributed by atoms with E-state index in [1.54, 1.807) is 12.1 Å². The Bertz CT molecular complexity index is 445. The first-order chi connectivity index (χ1) is 9.06. The molecule has 0 spiro atoms. The Morgan fingerprint density at radius 1 is 1.26 bits per heavy atom. The molecule has 0 aliphatic rings. The molecule has 19 heavy (non-hydrogen) atoms. The largest absolute Gasteiger partial charge is 0.347 e. The highest BCUT2D eigenvalue weighted by atomic mass is 79.9. The Morgan fingerprint density at radius 3 is 2.53 bits per heavy atom. The number of amides is 2. The minimum absolute atomic E-state index is 0.00183. The summed E-state index contributed by atoms with van der Waals surface area (Å²) >= 11 is 3.33. The maximum absolute atomic E-state index is 11.7. The monoisotopic (exact) mass is 326 g/mol. The van der Waals surface area contributed by atoms with Gasteiger partial charge < -0.3 is 10.6 Å². The number of hydrogen-bond acceptors (Lipinski definition) is 2. The van der Waals surface area contributed by atoms with Crippen LogP contribution >= 0.6 is 15.9 Å². The van der Waals surface area contributed by atoms with E-state index in [2.05, 4.69) is 26.6 Å². The molecule has 0 aliphatic carbocycles. The van der Waals surface area contributed by atoms with Gasteiger partial charge in [0.15, 0.2) is 0 Å². The van der Waals surface area contributed by atoms with Gasteiger partial charge in [-0.2, -0.15) is 0 Å². The molecule has 5 heteroatoms. The molecular weight excluding hydrogens is 308 g/mol. The number of rotatable bonds is 6. The number of carbonyl (C=O) groups excluding carboxylic acids is 2. The van der Waals surface area contributed by atoms with E-state index in [1.807, 2.05) is 26.0 Å². The summed E-state index contributed by atoms with van der Waals surface area (Å²) in [5.74, 6) is -0.300. The van der Waals surface area contributed by atoms with Crippen LogP contribution in [-0.4, -0.2) is 18.4 Å². The van der Waals surface area contributed by atoms with E-state index in [0.29, 0.717) is 5.69 Å². The van der Waals surface area contributed by atoms with Crippen molar-refractivity contribution in [2.75, 3.05) is 11.9 Å². The van der Waals surface area contributed by atoms with Crippen LogP contribution in [-0.2, 0) is 9.59 Å². The molecule has 2 N–H and O–H groups in total. The van der Waals surface area contributed by atoms with Crippen LogP contribution in [0.4, 0.5) is 5.69 Å². The summed E-state index contributed by atoms with van der Waals surface area (Å²) in [4.78, 5) is 23.4. The van der Waals surface area contributed by atoms with Gasteiger partial charge in [-0.25, -0.2) is 0 Å². The molecular formula is C14H19BrN2O2. The number of halogens is 1. The highest BCUT2D eigenvalue weighted by Crippen LogP contribution is 2.15. The van der Waals surface area contributed by atoms with Gasteiger partial charge in [0.05, 0.1) is 6.54 Å². The first-order valence-corrected chi connectivity index (χ1v) is 7.19. The molecule has 0 radical (unpaired) electrons. The van der Waals surface area contributed by atoms with Crippen molar-refractivity contribution < 1.29 is 9.59 Å². The van der Waals surface area contributed by atoms with Crippen LogP contribution < -0.4 is 10.6 Å². The summed E-state index contributed by atoms with van der Waals surface area (Å²) < 4.78 is 0.895. The van der Waals surface area contributed by atoms with Gasteiger partial charge in [0, 0.05) is 16.1 Å². The number of anilines is 1. The van der Waals surface area contributed by atoms with Crippen molar-refractivity contribution in [3.8, 4) is 0 Å². The third-order valence-corrected chi connectivity index (χ3v) is 3.38. The van der Waals surface area contributed by atoms with Gasteiger partial charge in [-0.3, -0.25) is 9.59 Å². The molecule has 0 atom stereocenters. The number of carbonyl (C=O) groups is 2. The standard InChI is InChI=1S/C14H19BrN2O2/c1-3-10(4-2)14(19)16-9-13(18)17-12-7-5-6-11(15)8-12/h5-8,10H,3-4,9H2,1-2H3,(H,16,19)(H,17,18). The third-order valence-electron chi connectivity index (χ3n) is 2.89. The lowest BCUT2D eigenvalue weighted by Gasteiger charge is -2.12. The number of nitrogens with one attached hydrogen (secondary N) is 2. The van der Waals surface area contributed by atoms with Crippen molar-refractivity contribution in [1.29, 1.82) is 0 Å². The van der Waals surface area contributed by atoms with Crippen LogP contribution in [0, 0.1) is 5.92 Å². The zero-order valence-corrected chi connectivity index (χ0v) is 12.8. The molecule has 1 aromatic rings. The van der Waals surface area contributed by atoms with E-state index < -0.39 is 0 Å². The Labute approximate surface area is 122 Å². The van der Waals surface area contributed by atoms with Crippen molar-refractivity contribution in [2.45, 2.75) is 26.7 Å². The zero-order valence-electron chi connectivity index (χ0n) is 11.2. The van der Waals surface area contributed by atoms with Crippen molar-refractivity contribution in [1.82, 2.24) is 5.32 Å². The van der Waals surface area contributed by atoms with E-state index in [4.69, 9.17) is 0 Å². The summed E-state index contributed by atoms with van der Waals surface area (Å²) in [6.07, 6.45) is 1.57. The SMILES string of the molecule is CCC(CC)C(=O)NCC(=O)Nc1cccc(Br)c1. The van der Waals surface area contributed by atoms with E-state index >= 15 is 0 Å². The Morgan fingerprint density at radius 2 is 1.95 bits per heavy atom. The molecule has 0 saturated heterocycles. The Balaban J connectivity index is 2.42. The van der Waals surface area contributed by atoms with Gasteiger partial charge >= 0.3 is 0 Å². The first kappa shape index (κ1) is 15.7. The minimum atomic E-state index is -0.225. The van der Waals surface area contributed by atoms with E-state index in [1.165, 1.54) is 0 Å². The fourth-order valence-corrected chi connectivity index (χ4v) is 2.14. The molecule has 1 rings (SSSR count). The van der Waals surface area contributed by atoms with Crippen LogP contribution in [0.3, 0.4) is 0 Å². The van der Waals surface area contributed by atoms with Crippen molar-refractivity contribution in [3.63, 3.8) is 0 Å². The Hall–Kier alpha value is -1.36. The van der Waals surface area contributed by atoms with Crippen molar-refractivity contribution in [3.05, 3.63) is 28.7 Å². The summed E-state index contributed by atoms with van der Waals surface area (Å²) in [6, 6.07) is 7.32. The van der Waals surface area contributed by atoms with Crippen LogP contribution in [0.15, 0.2) is 28.7 Å². The maximum atomic E-state index is 11.7. The van der Waals surface area contributed by atoms with Gasteiger partial charge in [0.25, 0.3) is 0 Å². The molecule has 0 heterocycles. The molecule has 4 nitrogen and oxygen atoms in total. The van der Waals surface area contributed by atoms with Gasteiger partial charge in [0.1, 0.15) is 0 Å². The highest BCUT2D eigenvalue weighted by molar-refractivity contribution is 9.10. The van der Waals surface area contributed by atoms with Crippen LogP contribution in [0.5, 0.6) is 0 Å². The van der Waals surface area contributed by atoms with Gasteiger partial charge in [-0.15, -0.1) is 0 Å². The van der Waals surface area contributed by atoms with Crippen molar-refractivity contribution >= 4 is 33.4 Å². The van der Waals surface area contributed by atoms with Gasteiger partial charge in [-0.05, 0) is 31.0 Å². The van der Waals surface area contributed by atoms with Crippen molar-refractivity contribution in [2.24, 2.45) is 5.92 Å². The third kappa shape index (κ3) is 5.42. The first-order valence-electron chi connectivity index (χ1n) is 6.40. The number of hydrogen-bond donors (Lipinski definition) is 2. The molecule has 0 aromatic heterocycles. The van der Waals surface area contributed by atoms with Crippen LogP contribution in [0.25, 0.3) is 0 Å². The molecule has 0 bridgehead atoms. The topological polar surface area (TPSA) is 58.2 Å². The predicted molar refractivity (Wildman–Crippen MR) is 79.9 cm³/mol. The molecule has 0 aliphatic heterocycles. The fraction of sp³-hybridized carbons (Fsp3) is 0.429. The second-order valence-corrected chi connectivity index (χ2v) is 5.21. The highest BCUT2D eigenvalue weighted by Gasteiger charge is 2.14. The molecule has 0 unspecified atom stereocenters. The summed E-state index contributed by atoms with van der Waals surface area (Å²) in [7, 11) is 0. The predicted octanol–water partition coefficient (Wildman–Crippen LogP) is 2.94. The van der Waals surface area contributed by atoms with E-state index in [0.717, 1.165) is 17.3 Å². The second-order valence-electron chi connectivity index (χ2n) is 4.29. The molecule has 0 saturated carbocycles. The van der Waals surface area contributed by atoms with E-state index in [9.17, 15) is 9.59 Å². The molecule has 2 amide bonds. The lowest BCUT2D eigenvalue weighted by molar-refractivity contribution is -0.127. The zero-order chi connectivity index (χ0) is 14.3. The fourth-order valence-electron chi connectivity index (χ4n) is 1.74. The lowest BCUT2D eigenvalue weighted by atomic mass is 10.0. The van der Waals surface area contributed by atoms with Gasteiger partial charge in [-0.1, -0.05) is 35.8 Å². The molecule has 0 fully saturated rings. The van der Waals surface area contributed by atoms with Crippen LogP contribution in [0.2, 0.25) is 0 Å². The minimum Gasteiger partial charge on any atom is -0.347 e. The second kappa shape index (κ2) is 7.94. The summed E-state index contributed by atoms with van der Waals surface area (Å²) in [6.45, 7) is 3.94. The maximum Gasteiger partial charge on any atom is 0.243 e. The average molecular weight is 327 g/mol. The summed E-state index contributed by atoms with van der Waals surface area (Å²) in [5.41, 5.74) is 0.705. The normalized spacial score (nSPS) is 10.3. The van der Waals surface area contributed by atoms with Gasteiger partial charge in [0.2, 0.25) is 11.8 Å². The average Bonchev–Trinajstić information content (AvgIpc) is 2.38. The summed E-state index contributed by atoms with van der Waals surface area (Å²) in [5, 5.41) is 5.39.